The van der Waals surface area contributed by atoms with E-state index >= 15 is 0 Å². The van der Waals surface area contributed by atoms with Crippen LogP contribution in [0.25, 0.3) is 0 Å². The molecule has 2 fully saturated rings. The summed E-state index contributed by atoms with van der Waals surface area (Å²) in [6.07, 6.45) is 1.26. The number of rotatable bonds is 3. The average Bonchev–Trinajstić information content (AvgIpc) is 2.34. The third-order valence-corrected chi connectivity index (χ3v) is 5.35. The van der Waals surface area contributed by atoms with Crippen LogP contribution < -0.4 is 0 Å². The van der Waals surface area contributed by atoms with Crippen LogP contribution in [0.5, 0.6) is 0 Å². The van der Waals surface area contributed by atoms with Gasteiger partial charge >= 0.3 is 0 Å². The standard InChI is InChI=1S/C15H26NO2.Rh/c1-5-16-7-12-9(2)6-10(3)13(8-16)14(12)11(4)15(17)18;/h9-10,12-14H,5-8H2,1-4H3,(H,17,18);/q-1;. The summed E-state index contributed by atoms with van der Waals surface area (Å²) in [7, 11) is 0. The van der Waals surface area contributed by atoms with E-state index < -0.39 is 5.97 Å². The molecule has 0 amide bonds. The van der Waals surface area contributed by atoms with Crippen molar-refractivity contribution in [2.24, 2.45) is 29.6 Å². The Kier molecular flexibility index (Phi) is 5.88. The first-order valence-electron chi connectivity index (χ1n) is 7.24. The van der Waals surface area contributed by atoms with Gasteiger partial charge in [-0.1, -0.05) is 20.8 Å². The first kappa shape index (κ1) is 17.0. The van der Waals surface area contributed by atoms with Gasteiger partial charge in [-0.15, -0.1) is 5.92 Å². The Morgan fingerprint density at radius 3 is 2.11 bits per heavy atom. The van der Waals surface area contributed by atoms with Gasteiger partial charge in [-0.2, -0.15) is 6.92 Å². The Labute approximate surface area is 129 Å². The van der Waals surface area contributed by atoms with Crippen LogP contribution in [-0.4, -0.2) is 35.6 Å². The molecule has 3 nitrogen and oxygen atoms in total. The van der Waals surface area contributed by atoms with Gasteiger partial charge in [0.2, 0.25) is 0 Å². The summed E-state index contributed by atoms with van der Waals surface area (Å²) in [5.41, 5.74) is 0. The molecule has 1 heterocycles. The molecule has 1 N–H and O–H groups in total. The minimum Gasteiger partial charge on any atom is -0.503 e. The van der Waals surface area contributed by atoms with Crippen LogP contribution in [0.3, 0.4) is 0 Å². The number of hydrogen-bond donors (Lipinski definition) is 1. The molecule has 2 bridgehead atoms. The smallest absolute Gasteiger partial charge is 0.166 e. The number of nitrogens with zero attached hydrogens (tertiary/aromatic N) is 1. The fourth-order valence-electron chi connectivity index (χ4n) is 4.26. The molecular weight excluding hydrogens is 329 g/mol. The summed E-state index contributed by atoms with van der Waals surface area (Å²) in [5, 5.41) is 9.33. The second-order valence-electron chi connectivity index (χ2n) is 6.38. The van der Waals surface area contributed by atoms with E-state index in [4.69, 9.17) is 0 Å². The maximum absolute atomic E-state index is 11.3. The molecule has 4 heteroatoms. The van der Waals surface area contributed by atoms with Gasteiger partial charge in [-0.05, 0) is 49.7 Å². The molecule has 1 radical (unpaired) electrons. The number of carbonyl (C=O) groups is 1. The summed E-state index contributed by atoms with van der Waals surface area (Å²) in [4.78, 5) is 13.9. The number of hydrogen-bond acceptors (Lipinski definition) is 2. The number of likely N-dealkylation sites (tertiary alicyclic amines) is 1. The van der Waals surface area contributed by atoms with Gasteiger partial charge < -0.3 is 10.0 Å². The monoisotopic (exact) mass is 355 g/mol. The molecule has 0 aromatic carbocycles. The van der Waals surface area contributed by atoms with Crippen LogP contribution >= 0.6 is 0 Å². The number of piperidine rings is 1. The molecule has 113 valence electrons. The van der Waals surface area contributed by atoms with E-state index in [9.17, 15) is 9.90 Å². The summed E-state index contributed by atoms with van der Waals surface area (Å²) < 4.78 is 0. The van der Waals surface area contributed by atoms with Crippen molar-refractivity contribution in [1.82, 2.24) is 4.90 Å². The molecule has 4 unspecified atom stereocenters. The summed E-state index contributed by atoms with van der Waals surface area (Å²) in [6.45, 7) is 11.9. The van der Waals surface area contributed by atoms with Crippen molar-refractivity contribution < 1.29 is 29.4 Å². The molecule has 0 spiro atoms. The van der Waals surface area contributed by atoms with Crippen LogP contribution in [0, 0.1) is 35.5 Å². The largest absolute Gasteiger partial charge is 0.503 e. The van der Waals surface area contributed by atoms with E-state index in [1.54, 1.807) is 0 Å². The van der Waals surface area contributed by atoms with Crippen LogP contribution in [-0.2, 0) is 24.3 Å². The first-order valence-corrected chi connectivity index (χ1v) is 7.24. The number of aliphatic carboxylic acids is 1. The molecule has 1 saturated heterocycles. The van der Waals surface area contributed by atoms with E-state index in [-0.39, 0.29) is 19.5 Å². The minimum atomic E-state index is -0.693. The van der Waals surface area contributed by atoms with Crippen LogP contribution in [0.1, 0.15) is 34.1 Å². The normalized spacial score (nSPS) is 38.4. The maximum atomic E-state index is 11.3. The van der Waals surface area contributed by atoms with Crippen molar-refractivity contribution in [2.45, 2.75) is 34.1 Å². The second kappa shape index (κ2) is 6.58. The minimum absolute atomic E-state index is 0. The Balaban J connectivity index is 0.00000180. The fraction of sp³-hybridized carbons (Fsp3) is 0.867. The molecule has 2 rings (SSSR count). The van der Waals surface area contributed by atoms with Gasteiger partial charge in [-0.25, -0.2) is 0 Å². The molecular formula is C15H26NO2Rh-. The van der Waals surface area contributed by atoms with Gasteiger partial charge in [-0.3, -0.25) is 10.7 Å². The van der Waals surface area contributed by atoms with Gasteiger partial charge in [0.1, 0.15) is 0 Å². The van der Waals surface area contributed by atoms with Gasteiger partial charge in [0.05, 0.1) is 0 Å². The first-order chi connectivity index (χ1) is 8.45. The zero-order valence-corrected chi connectivity index (χ0v) is 14.0. The molecule has 0 aromatic rings. The van der Waals surface area contributed by atoms with E-state index in [0.717, 1.165) is 19.6 Å². The van der Waals surface area contributed by atoms with Crippen molar-refractivity contribution >= 4 is 5.97 Å². The Morgan fingerprint density at radius 1 is 1.26 bits per heavy atom. The SMILES string of the molecule is CCN1CC2C(C)CC(C)C(C1)C2[C-](C)C(=O)O.[Rh]. The van der Waals surface area contributed by atoms with Crippen molar-refractivity contribution in [3.63, 3.8) is 0 Å². The molecule has 0 aromatic heterocycles. The van der Waals surface area contributed by atoms with Crippen LogP contribution in [0.2, 0.25) is 0 Å². The predicted molar refractivity (Wildman–Crippen MR) is 72.1 cm³/mol. The van der Waals surface area contributed by atoms with Crippen LogP contribution in [0.15, 0.2) is 0 Å². The van der Waals surface area contributed by atoms with E-state index in [1.165, 1.54) is 6.42 Å². The average molecular weight is 355 g/mol. The summed E-state index contributed by atoms with van der Waals surface area (Å²) in [5.74, 6) is 2.66. The third-order valence-electron chi connectivity index (χ3n) is 5.35. The number of carboxylic acid groups (broad SMARTS) is 1. The Bertz CT molecular complexity index is 305. The topological polar surface area (TPSA) is 40.5 Å². The molecule has 1 saturated carbocycles. The summed E-state index contributed by atoms with van der Waals surface area (Å²) >= 11 is 0. The van der Waals surface area contributed by atoms with E-state index in [1.807, 2.05) is 6.92 Å². The van der Waals surface area contributed by atoms with Gasteiger partial charge in [0.25, 0.3) is 0 Å². The van der Waals surface area contributed by atoms with Crippen molar-refractivity contribution in [2.75, 3.05) is 19.6 Å². The molecule has 1 aliphatic heterocycles. The quantitative estimate of drug-likeness (QED) is 0.625. The van der Waals surface area contributed by atoms with Gasteiger partial charge in [0.15, 0.2) is 5.97 Å². The Hall–Kier alpha value is -0.0766. The molecule has 2 aliphatic rings. The number of carboxylic acids is 1. The van der Waals surface area contributed by atoms with Crippen molar-refractivity contribution in [3.8, 4) is 0 Å². The number of fused-ring (bicyclic) bond motifs is 2. The summed E-state index contributed by atoms with van der Waals surface area (Å²) in [6, 6.07) is 0. The molecule has 4 atom stereocenters. The van der Waals surface area contributed by atoms with Crippen molar-refractivity contribution in [1.29, 1.82) is 0 Å². The fourth-order valence-corrected chi connectivity index (χ4v) is 4.26. The van der Waals surface area contributed by atoms with Gasteiger partial charge in [0, 0.05) is 19.5 Å². The van der Waals surface area contributed by atoms with E-state index in [2.05, 4.69) is 25.7 Å². The van der Waals surface area contributed by atoms with Crippen molar-refractivity contribution in [3.05, 3.63) is 5.92 Å². The second-order valence-corrected chi connectivity index (χ2v) is 6.38. The molecule has 1 aliphatic carbocycles. The van der Waals surface area contributed by atoms with E-state index in [0.29, 0.717) is 35.5 Å². The zero-order valence-electron chi connectivity index (χ0n) is 12.4. The Morgan fingerprint density at radius 2 is 1.74 bits per heavy atom. The van der Waals surface area contributed by atoms with Crippen LogP contribution in [0.4, 0.5) is 0 Å². The maximum Gasteiger partial charge on any atom is 0.166 e. The third kappa shape index (κ3) is 3.16. The zero-order chi connectivity index (χ0) is 13.4. The molecule has 19 heavy (non-hydrogen) atoms. The predicted octanol–water partition coefficient (Wildman–Crippen LogP) is 2.52.